The summed E-state index contributed by atoms with van der Waals surface area (Å²) in [5.41, 5.74) is 12.8. The van der Waals surface area contributed by atoms with Crippen molar-refractivity contribution in [2.75, 3.05) is 5.73 Å². The zero-order valence-corrected chi connectivity index (χ0v) is 8.94. The minimum absolute atomic E-state index is 0.0586. The Morgan fingerprint density at radius 3 is 2.93 bits per heavy atom. The van der Waals surface area contributed by atoms with Gasteiger partial charge in [-0.1, -0.05) is 19.8 Å². The third kappa shape index (κ3) is 3.02. The summed E-state index contributed by atoms with van der Waals surface area (Å²) in [5.74, 6) is 0.261. The van der Waals surface area contributed by atoms with Gasteiger partial charge in [-0.25, -0.2) is 4.98 Å². The number of nitrogen functional groups attached to an aromatic ring is 1. The summed E-state index contributed by atoms with van der Waals surface area (Å²) in [4.78, 5) is 14.6. The molecule has 0 bridgehead atoms. The molecule has 1 rings (SSSR count). The average Bonchev–Trinajstić information content (AvgIpc) is 2.26. The van der Waals surface area contributed by atoms with Crippen molar-refractivity contribution in [2.24, 2.45) is 5.73 Å². The van der Waals surface area contributed by atoms with E-state index in [1.807, 2.05) is 0 Å². The first-order chi connectivity index (χ1) is 7.19. The van der Waals surface area contributed by atoms with Crippen molar-refractivity contribution in [1.82, 2.24) is 4.98 Å². The Morgan fingerprint density at radius 2 is 2.33 bits per heavy atom. The fraction of sp³-hybridized carbons (Fsp3) is 0.455. The van der Waals surface area contributed by atoms with Gasteiger partial charge in [-0.3, -0.25) is 4.79 Å². The predicted octanol–water partition coefficient (Wildman–Crippen LogP) is 1.67. The SMILES string of the molecule is CCCCC(N)c1cnc(N)c(C=O)c1. The van der Waals surface area contributed by atoms with Crippen LogP contribution in [0.3, 0.4) is 0 Å². The van der Waals surface area contributed by atoms with Crippen LogP contribution in [0.25, 0.3) is 0 Å². The van der Waals surface area contributed by atoms with Crippen LogP contribution in [-0.2, 0) is 0 Å². The Morgan fingerprint density at radius 1 is 1.60 bits per heavy atom. The fourth-order valence-corrected chi connectivity index (χ4v) is 1.40. The first-order valence-corrected chi connectivity index (χ1v) is 5.15. The number of aldehydes is 1. The molecule has 0 aliphatic carbocycles. The standard InChI is InChI=1S/C11H17N3O/c1-2-3-4-10(12)8-5-9(7-15)11(13)14-6-8/h5-7,10H,2-4,12H2,1H3,(H2,13,14). The summed E-state index contributed by atoms with van der Waals surface area (Å²) in [6.07, 6.45) is 5.43. The fourth-order valence-electron chi connectivity index (χ4n) is 1.40. The van der Waals surface area contributed by atoms with E-state index in [1.165, 1.54) is 0 Å². The molecule has 0 aliphatic heterocycles. The second-order valence-corrected chi connectivity index (χ2v) is 3.61. The highest BCUT2D eigenvalue weighted by atomic mass is 16.1. The van der Waals surface area contributed by atoms with Crippen LogP contribution in [0.1, 0.15) is 48.1 Å². The molecule has 4 N–H and O–H groups in total. The lowest BCUT2D eigenvalue weighted by Crippen LogP contribution is -2.11. The minimum Gasteiger partial charge on any atom is -0.383 e. The van der Waals surface area contributed by atoms with Gasteiger partial charge in [0.05, 0.1) is 5.56 Å². The molecule has 1 aromatic rings. The predicted molar refractivity (Wildman–Crippen MR) is 60.5 cm³/mol. The highest BCUT2D eigenvalue weighted by Gasteiger charge is 2.08. The zero-order chi connectivity index (χ0) is 11.3. The first-order valence-electron chi connectivity index (χ1n) is 5.15. The van der Waals surface area contributed by atoms with Crippen molar-refractivity contribution in [3.05, 3.63) is 23.4 Å². The van der Waals surface area contributed by atoms with Crippen molar-refractivity contribution < 1.29 is 4.79 Å². The quantitative estimate of drug-likeness (QED) is 0.719. The van der Waals surface area contributed by atoms with E-state index in [1.54, 1.807) is 12.3 Å². The number of hydrogen-bond acceptors (Lipinski definition) is 4. The maximum Gasteiger partial charge on any atom is 0.153 e. The Balaban J connectivity index is 2.80. The number of unbranched alkanes of at least 4 members (excludes halogenated alkanes) is 1. The Labute approximate surface area is 89.7 Å². The summed E-state index contributed by atoms with van der Waals surface area (Å²) >= 11 is 0. The van der Waals surface area contributed by atoms with Gasteiger partial charge in [-0.05, 0) is 18.1 Å². The molecule has 1 unspecified atom stereocenters. The topological polar surface area (TPSA) is 82.0 Å². The van der Waals surface area contributed by atoms with Gasteiger partial charge in [0, 0.05) is 12.2 Å². The highest BCUT2D eigenvalue weighted by Crippen LogP contribution is 2.18. The van der Waals surface area contributed by atoms with Crippen molar-refractivity contribution >= 4 is 12.1 Å². The third-order valence-corrected chi connectivity index (χ3v) is 2.39. The molecular weight excluding hydrogens is 190 g/mol. The van der Waals surface area contributed by atoms with E-state index >= 15 is 0 Å². The van der Waals surface area contributed by atoms with Crippen molar-refractivity contribution in [3.8, 4) is 0 Å². The lowest BCUT2D eigenvalue weighted by molar-refractivity contribution is 0.112. The van der Waals surface area contributed by atoms with E-state index in [2.05, 4.69) is 11.9 Å². The van der Waals surface area contributed by atoms with Crippen molar-refractivity contribution in [2.45, 2.75) is 32.2 Å². The summed E-state index contributed by atoms with van der Waals surface area (Å²) in [6, 6.07) is 1.66. The van der Waals surface area contributed by atoms with E-state index in [-0.39, 0.29) is 11.9 Å². The van der Waals surface area contributed by atoms with Crippen LogP contribution in [0.5, 0.6) is 0 Å². The van der Waals surface area contributed by atoms with E-state index in [0.29, 0.717) is 11.8 Å². The molecule has 4 nitrogen and oxygen atoms in total. The molecule has 0 saturated carbocycles. The molecule has 82 valence electrons. The number of aromatic nitrogens is 1. The molecule has 1 atom stereocenters. The van der Waals surface area contributed by atoms with Crippen LogP contribution >= 0.6 is 0 Å². The Bertz CT molecular complexity index is 339. The maximum atomic E-state index is 10.7. The summed E-state index contributed by atoms with van der Waals surface area (Å²) < 4.78 is 0. The Hall–Kier alpha value is -1.42. The molecule has 0 radical (unpaired) electrons. The monoisotopic (exact) mass is 207 g/mol. The molecule has 0 aromatic carbocycles. The van der Waals surface area contributed by atoms with Gasteiger partial charge in [0.15, 0.2) is 6.29 Å². The maximum absolute atomic E-state index is 10.7. The Kier molecular flexibility index (Phi) is 4.24. The molecule has 15 heavy (non-hydrogen) atoms. The van der Waals surface area contributed by atoms with E-state index in [9.17, 15) is 4.79 Å². The first kappa shape index (κ1) is 11.7. The van der Waals surface area contributed by atoms with Crippen LogP contribution in [-0.4, -0.2) is 11.3 Å². The van der Waals surface area contributed by atoms with Crippen LogP contribution in [0.4, 0.5) is 5.82 Å². The number of anilines is 1. The van der Waals surface area contributed by atoms with Gasteiger partial charge >= 0.3 is 0 Å². The van der Waals surface area contributed by atoms with Crippen LogP contribution < -0.4 is 11.5 Å². The van der Waals surface area contributed by atoms with Crippen LogP contribution in [0.2, 0.25) is 0 Å². The van der Waals surface area contributed by atoms with Gasteiger partial charge in [0.2, 0.25) is 0 Å². The van der Waals surface area contributed by atoms with Gasteiger partial charge in [0.25, 0.3) is 0 Å². The summed E-state index contributed by atoms with van der Waals surface area (Å²) in [5, 5.41) is 0. The second-order valence-electron chi connectivity index (χ2n) is 3.61. The molecule has 4 heteroatoms. The van der Waals surface area contributed by atoms with Gasteiger partial charge < -0.3 is 11.5 Å². The number of pyridine rings is 1. The normalized spacial score (nSPS) is 12.4. The molecule has 0 amide bonds. The molecule has 1 aromatic heterocycles. The number of nitrogens with two attached hydrogens (primary N) is 2. The zero-order valence-electron chi connectivity index (χ0n) is 8.94. The van der Waals surface area contributed by atoms with E-state index in [0.717, 1.165) is 24.8 Å². The van der Waals surface area contributed by atoms with E-state index in [4.69, 9.17) is 11.5 Å². The third-order valence-electron chi connectivity index (χ3n) is 2.39. The number of rotatable bonds is 5. The number of hydrogen-bond donors (Lipinski definition) is 2. The number of carbonyl (C=O) groups is 1. The van der Waals surface area contributed by atoms with Crippen LogP contribution in [0, 0.1) is 0 Å². The minimum atomic E-state index is -0.0586. The lowest BCUT2D eigenvalue weighted by atomic mass is 10.0. The molecule has 0 fully saturated rings. The number of nitrogens with zero attached hydrogens (tertiary/aromatic N) is 1. The van der Waals surface area contributed by atoms with Gasteiger partial charge in [-0.2, -0.15) is 0 Å². The molecular formula is C11H17N3O. The van der Waals surface area contributed by atoms with Crippen molar-refractivity contribution in [1.29, 1.82) is 0 Å². The second kappa shape index (κ2) is 5.46. The van der Waals surface area contributed by atoms with Gasteiger partial charge in [0.1, 0.15) is 5.82 Å². The molecule has 1 heterocycles. The van der Waals surface area contributed by atoms with Crippen molar-refractivity contribution in [3.63, 3.8) is 0 Å². The largest absolute Gasteiger partial charge is 0.383 e. The summed E-state index contributed by atoms with van der Waals surface area (Å²) in [7, 11) is 0. The number of carbonyl (C=O) groups excluding carboxylic acids is 1. The summed E-state index contributed by atoms with van der Waals surface area (Å²) in [6.45, 7) is 2.12. The molecule has 0 spiro atoms. The molecule has 0 saturated heterocycles. The van der Waals surface area contributed by atoms with Gasteiger partial charge in [-0.15, -0.1) is 0 Å². The average molecular weight is 207 g/mol. The highest BCUT2D eigenvalue weighted by molar-refractivity contribution is 5.81. The lowest BCUT2D eigenvalue weighted by Gasteiger charge is -2.11. The smallest absolute Gasteiger partial charge is 0.153 e. The van der Waals surface area contributed by atoms with Crippen LogP contribution in [0.15, 0.2) is 12.3 Å². The molecule has 0 aliphatic rings. The van der Waals surface area contributed by atoms with E-state index < -0.39 is 0 Å².